The Bertz CT molecular complexity index is 1470. The average Bonchev–Trinajstić information content (AvgIpc) is 3.18. The van der Waals surface area contributed by atoms with Crippen LogP contribution < -0.4 is 11.2 Å². The van der Waals surface area contributed by atoms with Gasteiger partial charge in [-0.2, -0.15) is 0 Å². The van der Waals surface area contributed by atoms with Gasteiger partial charge in [0.05, 0.1) is 16.8 Å². The number of rotatable bonds is 3. The second-order valence-corrected chi connectivity index (χ2v) is 7.95. The topological polar surface area (TPSA) is 44.0 Å². The van der Waals surface area contributed by atoms with Crippen LogP contribution in [0.3, 0.4) is 0 Å². The van der Waals surface area contributed by atoms with Crippen LogP contribution in [0, 0.1) is 29.3 Å². The molecule has 8 heteroatoms. The summed E-state index contributed by atoms with van der Waals surface area (Å²) in [6.45, 7) is -0.180. The van der Waals surface area contributed by atoms with Crippen molar-refractivity contribution in [1.82, 2.24) is 9.13 Å². The summed E-state index contributed by atoms with van der Waals surface area (Å²) in [7, 11) is 1.54. The van der Waals surface area contributed by atoms with Crippen molar-refractivity contribution in [3.8, 4) is 11.8 Å². The van der Waals surface area contributed by atoms with E-state index in [1.54, 1.807) is 18.2 Å². The van der Waals surface area contributed by atoms with Crippen LogP contribution in [0.15, 0.2) is 58.1 Å². The van der Waals surface area contributed by atoms with Crippen molar-refractivity contribution in [2.24, 2.45) is 7.05 Å². The highest BCUT2D eigenvalue weighted by molar-refractivity contribution is 7.19. The van der Waals surface area contributed by atoms with E-state index in [-0.39, 0.29) is 12.4 Å². The summed E-state index contributed by atoms with van der Waals surface area (Å²) >= 11 is 1.22. The van der Waals surface area contributed by atoms with Crippen molar-refractivity contribution in [3.63, 3.8) is 0 Å². The zero-order valence-corrected chi connectivity index (χ0v) is 17.1. The van der Waals surface area contributed by atoms with Crippen LogP contribution in [-0.4, -0.2) is 9.13 Å². The van der Waals surface area contributed by atoms with Crippen LogP contribution in [0.2, 0.25) is 0 Å². The van der Waals surface area contributed by atoms with E-state index in [1.165, 1.54) is 41.2 Å². The molecule has 2 heterocycles. The van der Waals surface area contributed by atoms with E-state index >= 15 is 0 Å². The maximum atomic E-state index is 13.5. The van der Waals surface area contributed by atoms with Gasteiger partial charge in [0.25, 0.3) is 5.56 Å². The Labute approximate surface area is 178 Å². The van der Waals surface area contributed by atoms with Gasteiger partial charge in [0, 0.05) is 13.5 Å². The first-order valence-electron chi connectivity index (χ1n) is 9.24. The molecule has 0 atom stereocenters. The molecule has 31 heavy (non-hydrogen) atoms. The lowest BCUT2D eigenvalue weighted by Crippen LogP contribution is -2.38. The fourth-order valence-electron chi connectivity index (χ4n) is 3.14. The minimum Gasteiger partial charge on any atom is -0.287 e. The molecule has 0 saturated heterocycles. The smallest absolute Gasteiger partial charge is 0.287 e. The molecule has 0 spiro atoms. The first-order chi connectivity index (χ1) is 14.8. The summed E-state index contributed by atoms with van der Waals surface area (Å²) in [5.74, 6) is 3.60. The number of halogens is 3. The molecular formula is C23H15F3N2O2S. The van der Waals surface area contributed by atoms with Gasteiger partial charge in [0.2, 0.25) is 0 Å². The van der Waals surface area contributed by atoms with Gasteiger partial charge in [-0.1, -0.05) is 30.0 Å². The maximum absolute atomic E-state index is 13.5. The van der Waals surface area contributed by atoms with Crippen LogP contribution >= 0.6 is 11.3 Å². The number of nitrogens with zero attached hydrogens (tertiary/aromatic N) is 2. The van der Waals surface area contributed by atoms with E-state index in [2.05, 4.69) is 11.8 Å². The lowest BCUT2D eigenvalue weighted by atomic mass is 10.1. The molecule has 0 N–H and O–H groups in total. The molecule has 2 aromatic heterocycles. The van der Waals surface area contributed by atoms with E-state index in [0.29, 0.717) is 27.1 Å². The molecule has 0 aliphatic heterocycles. The molecule has 0 fully saturated rings. The predicted molar refractivity (Wildman–Crippen MR) is 114 cm³/mol. The Kier molecular flexibility index (Phi) is 5.53. The number of benzene rings is 2. The van der Waals surface area contributed by atoms with Gasteiger partial charge in [0.1, 0.15) is 10.6 Å². The first-order valence-corrected chi connectivity index (χ1v) is 10.1. The van der Waals surface area contributed by atoms with Crippen molar-refractivity contribution < 1.29 is 13.2 Å². The molecule has 4 aromatic rings. The van der Waals surface area contributed by atoms with E-state index < -0.39 is 22.9 Å². The second-order valence-electron chi connectivity index (χ2n) is 6.92. The maximum Gasteiger partial charge on any atom is 0.332 e. The van der Waals surface area contributed by atoms with Crippen LogP contribution in [-0.2, 0) is 20.0 Å². The summed E-state index contributed by atoms with van der Waals surface area (Å²) < 4.78 is 42.0. The lowest BCUT2D eigenvalue weighted by Gasteiger charge is -2.08. The Balaban J connectivity index is 1.69. The third-order valence-corrected chi connectivity index (χ3v) is 5.88. The largest absolute Gasteiger partial charge is 0.332 e. The van der Waals surface area contributed by atoms with E-state index in [1.807, 2.05) is 0 Å². The first kappa shape index (κ1) is 20.7. The van der Waals surface area contributed by atoms with E-state index in [0.717, 1.165) is 22.3 Å². The average molecular weight is 440 g/mol. The molecule has 0 aliphatic rings. The number of hydrogen-bond acceptors (Lipinski definition) is 3. The monoisotopic (exact) mass is 440 g/mol. The van der Waals surface area contributed by atoms with Crippen molar-refractivity contribution in [2.75, 3.05) is 0 Å². The van der Waals surface area contributed by atoms with Gasteiger partial charge in [0.15, 0.2) is 11.6 Å². The molecule has 0 saturated carbocycles. The third-order valence-electron chi connectivity index (χ3n) is 4.75. The zero-order valence-electron chi connectivity index (χ0n) is 16.3. The van der Waals surface area contributed by atoms with Crippen molar-refractivity contribution in [3.05, 3.63) is 103 Å². The molecule has 0 aliphatic carbocycles. The Morgan fingerprint density at radius 3 is 2.35 bits per heavy atom. The highest BCUT2D eigenvalue weighted by Crippen LogP contribution is 2.21. The number of hydrogen-bond donors (Lipinski definition) is 0. The summed E-state index contributed by atoms with van der Waals surface area (Å²) in [5, 5.41) is 0.320. The van der Waals surface area contributed by atoms with Crippen LogP contribution in [0.4, 0.5) is 13.2 Å². The van der Waals surface area contributed by atoms with Gasteiger partial charge < -0.3 is 0 Å². The number of aromatic nitrogens is 2. The molecule has 156 valence electrons. The summed E-state index contributed by atoms with van der Waals surface area (Å²) in [5.41, 5.74) is 0.0730. The molecule has 2 aromatic carbocycles. The molecule has 0 bridgehead atoms. The van der Waals surface area contributed by atoms with Crippen LogP contribution in [0.1, 0.15) is 16.0 Å². The van der Waals surface area contributed by atoms with Gasteiger partial charge in [-0.25, -0.2) is 18.0 Å². The SMILES string of the molecule is Cn1c(=O)n(Cc2ccc(F)c(F)c2)c(=O)c2cc(C#CCc3ccc(F)cc3)sc21. The van der Waals surface area contributed by atoms with Gasteiger partial charge in [-0.3, -0.25) is 13.9 Å². The zero-order chi connectivity index (χ0) is 22.1. The quantitative estimate of drug-likeness (QED) is 0.455. The highest BCUT2D eigenvalue weighted by atomic mass is 32.1. The van der Waals surface area contributed by atoms with Crippen molar-refractivity contribution >= 4 is 21.6 Å². The Morgan fingerprint density at radius 1 is 0.935 bits per heavy atom. The molecule has 4 rings (SSSR count). The summed E-state index contributed by atoms with van der Waals surface area (Å²) in [4.78, 5) is 26.7. The van der Waals surface area contributed by atoms with E-state index in [4.69, 9.17) is 0 Å². The summed E-state index contributed by atoms with van der Waals surface area (Å²) in [6.07, 6.45) is 0.411. The molecule has 0 amide bonds. The molecular weight excluding hydrogens is 425 g/mol. The minimum atomic E-state index is -1.04. The molecule has 0 radical (unpaired) electrons. The van der Waals surface area contributed by atoms with Crippen LogP contribution in [0.5, 0.6) is 0 Å². The molecule has 0 unspecified atom stereocenters. The minimum absolute atomic E-state index is 0.180. The van der Waals surface area contributed by atoms with Crippen molar-refractivity contribution in [1.29, 1.82) is 0 Å². The standard InChI is InChI=1S/C23H15F3N2O2S/c1-27-22-18(12-17(31-22)4-2-3-14-5-8-16(24)9-6-14)21(29)28(23(27)30)13-15-7-10-19(25)20(26)11-15/h5-12H,3,13H2,1H3. The molecule has 4 nitrogen and oxygen atoms in total. The second kappa shape index (κ2) is 8.28. The van der Waals surface area contributed by atoms with Crippen LogP contribution in [0.25, 0.3) is 10.2 Å². The third kappa shape index (κ3) is 4.18. The number of thiophene rings is 1. The lowest BCUT2D eigenvalue weighted by molar-refractivity contribution is 0.506. The fraction of sp³-hybridized carbons (Fsp3) is 0.130. The van der Waals surface area contributed by atoms with Crippen molar-refractivity contribution in [2.45, 2.75) is 13.0 Å². The normalized spacial score (nSPS) is 10.8. The van der Waals surface area contributed by atoms with Gasteiger partial charge in [-0.05, 0) is 41.5 Å². The fourth-order valence-corrected chi connectivity index (χ4v) is 4.12. The predicted octanol–water partition coefficient (Wildman–Crippen LogP) is 3.82. The highest BCUT2D eigenvalue weighted by Gasteiger charge is 2.15. The van der Waals surface area contributed by atoms with Gasteiger partial charge >= 0.3 is 5.69 Å². The Morgan fingerprint density at radius 2 is 1.65 bits per heavy atom. The Hall–Kier alpha value is -3.57. The number of fused-ring (bicyclic) bond motifs is 1. The van der Waals surface area contributed by atoms with Gasteiger partial charge in [-0.15, -0.1) is 11.3 Å². The number of aryl methyl sites for hydroxylation is 1. The van der Waals surface area contributed by atoms with E-state index in [9.17, 15) is 22.8 Å². The summed E-state index contributed by atoms with van der Waals surface area (Å²) in [6, 6.07) is 10.9.